The van der Waals surface area contributed by atoms with Crippen molar-refractivity contribution in [1.29, 1.82) is 0 Å². The normalized spacial score (nSPS) is 10.2. The van der Waals surface area contributed by atoms with E-state index in [0.717, 1.165) is 5.56 Å². The molecule has 0 amide bonds. The van der Waals surface area contributed by atoms with Crippen molar-refractivity contribution in [1.82, 2.24) is 0 Å². The summed E-state index contributed by atoms with van der Waals surface area (Å²) in [5.74, 6) is -0.141. The predicted molar refractivity (Wildman–Crippen MR) is 63.4 cm³/mol. The van der Waals surface area contributed by atoms with E-state index in [-0.39, 0.29) is 18.5 Å². The molecule has 0 fully saturated rings. The fourth-order valence-corrected chi connectivity index (χ4v) is 1.16. The molecule has 0 heterocycles. The van der Waals surface area contributed by atoms with Gasteiger partial charge in [0.1, 0.15) is 12.4 Å². The molecule has 1 aromatic rings. The molecule has 0 aliphatic heterocycles. The van der Waals surface area contributed by atoms with Gasteiger partial charge in [0.2, 0.25) is 0 Å². The Morgan fingerprint density at radius 2 is 1.76 bits per heavy atom. The van der Waals surface area contributed by atoms with Crippen molar-refractivity contribution < 1.29 is 19.1 Å². The lowest BCUT2D eigenvalue weighted by atomic mass is 10.2. The first-order valence-corrected chi connectivity index (χ1v) is 5.16. The Balaban J connectivity index is 2.50. The number of rotatable bonds is 4. The molecule has 0 saturated heterocycles. The molecule has 0 aliphatic carbocycles. The highest BCUT2D eigenvalue weighted by atomic mass is 16.5. The van der Waals surface area contributed by atoms with Crippen LogP contribution in [0.15, 0.2) is 30.3 Å². The van der Waals surface area contributed by atoms with Crippen LogP contribution >= 0.6 is 0 Å². The second-order valence-electron chi connectivity index (χ2n) is 3.37. The van der Waals surface area contributed by atoms with Crippen LogP contribution in [0.4, 0.5) is 0 Å². The number of carbonyl (C=O) groups is 2. The van der Waals surface area contributed by atoms with Gasteiger partial charge in [0.05, 0.1) is 0 Å². The van der Waals surface area contributed by atoms with Crippen molar-refractivity contribution in [3.8, 4) is 5.75 Å². The molecule has 4 nitrogen and oxygen atoms in total. The van der Waals surface area contributed by atoms with Gasteiger partial charge in [-0.05, 0) is 23.8 Å². The zero-order valence-electron chi connectivity index (χ0n) is 9.80. The Morgan fingerprint density at radius 3 is 2.29 bits per heavy atom. The average Bonchev–Trinajstić information content (AvgIpc) is 2.25. The smallest absolute Gasteiger partial charge is 0.308 e. The molecule has 0 unspecified atom stereocenters. The molecule has 17 heavy (non-hydrogen) atoms. The van der Waals surface area contributed by atoms with Gasteiger partial charge in [0.25, 0.3) is 0 Å². The van der Waals surface area contributed by atoms with Gasteiger partial charge >= 0.3 is 11.9 Å². The van der Waals surface area contributed by atoms with Crippen LogP contribution < -0.4 is 4.74 Å². The first-order chi connectivity index (χ1) is 8.08. The lowest BCUT2D eigenvalue weighted by molar-refractivity contribution is -0.139. The Labute approximate surface area is 99.8 Å². The van der Waals surface area contributed by atoms with Gasteiger partial charge in [-0.15, -0.1) is 0 Å². The van der Waals surface area contributed by atoms with E-state index < -0.39 is 0 Å². The van der Waals surface area contributed by atoms with Crippen LogP contribution in [0.5, 0.6) is 5.75 Å². The third kappa shape index (κ3) is 5.51. The summed E-state index contributed by atoms with van der Waals surface area (Å²) in [4.78, 5) is 21.2. The highest BCUT2D eigenvalue weighted by Crippen LogP contribution is 2.13. The lowest BCUT2D eigenvalue weighted by Gasteiger charge is -2.00. The van der Waals surface area contributed by atoms with Crippen LogP contribution in [-0.4, -0.2) is 18.5 Å². The minimum atomic E-state index is -0.344. The van der Waals surface area contributed by atoms with E-state index in [0.29, 0.717) is 5.75 Å². The molecule has 0 saturated carbocycles. The van der Waals surface area contributed by atoms with Gasteiger partial charge in [-0.3, -0.25) is 9.59 Å². The fourth-order valence-electron chi connectivity index (χ4n) is 1.16. The van der Waals surface area contributed by atoms with Crippen molar-refractivity contribution in [2.24, 2.45) is 0 Å². The Kier molecular flexibility index (Phi) is 4.94. The maximum atomic E-state index is 10.7. The SMILES string of the molecule is CC(=O)OCC=Cc1ccc(OC(C)=O)cc1. The number of esters is 2. The molecular formula is C13H14O4. The van der Waals surface area contributed by atoms with Crippen molar-refractivity contribution in [2.45, 2.75) is 13.8 Å². The van der Waals surface area contributed by atoms with E-state index >= 15 is 0 Å². The summed E-state index contributed by atoms with van der Waals surface area (Å²) in [6.07, 6.45) is 3.56. The van der Waals surface area contributed by atoms with Crippen LogP contribution in [0.2, 0.25) is 0 Å². The summed E-state index contributed by atoms with van der Waals surface area (Å²) < 4.78 is 9.64. The quantitative estimate of drug-likeness (QED) is 0.592. The Morgan fingerprint density at radius 1 is 1.12 bits per heavy atom. The summed E-state index contributed by atoms with van der Waals surface area (Å²) in [5, 5.41) is 0. The van der Waals surface area contributed by atoms with Crippen molar-refractivity contribution >= 4 is 18.0 Å². The van der Waals surface area contributed by atoms with Crippen LogP contribution in [0.25, 0.3) is 6.08 Å². The largest absolute Gasteiger partial charge is 0.462 e. The molecule has 0 atom stereocenters. The van der Waals surface area contributed by atoms with Crippen LogP contribution in [0.1, 0.15) is 19.4 Å². The third-order valence-electron chi connectivity index (χ3n) is 1.83. The molecule has 1 aromatic carbocycles. The molecular weight excluding hydrogens is 220 g/mol. The van der Waals surface area contributed by atoms with Gasteiger partial charge in [0.15, 0.2) is 0 Å². The van der Waals surface area contributed by atoms with Gasteiger partial charge in [-0.25, -0.2) is 0 Å². The fraction of sp³-hybridized carbons (Fsp3) is 0.231. The molecule has 0 aliphatic rings. The zero-order chi connectivity index (χ0) is 12.7. The van der Waals surface area contributed by atoms with Crippen molar-refractivity contribution in [3.63, 3.8) is 0 Å². The van der Waals surface area contributed by atoms with Gasteiger partial charge in [-0.2, -0.15) is 0 Å². The number of carbonyl (C=O) groups excluding carboxylic acids is 2. The minimum Gasteiger partial charge on any atom is -0.462 e. The van der Waals surface area contributed by atoms with E-state index in [4.69, 9.17) is 9.47 Å². The highest BCUT2D eigenvalue weighted by Gasteiger charge is 1.96. The summed E-state index contributed by atoms with van der Waals surface area (Å²) in [6.45, 7) is 2.97. The second kappa shape index (κ2) is 6.48. The van der Waals surface area contributed by atoms with Crippen molar-refractivity contribution in [2.75, 3.05) is 6.61 Å². The van der Waals surface area contributed by atoms with E-state index in [1.807, 2.05) is 18.2 Å². The maximum Gasteiger partial charge on any atom is 0.308 e. The topological polar surface area (TPSA) is 52.6 Å². The van der Waals surface area contributed by atoms with Gasteiger partial charge in [0, 0.05) is 13.8 Å². The van der Waals surface area contributed by atoms with Crippen molar-refractivity contribution in [3.05, 3.63) is 35.9 Å². The molecule has 1 rings (SSSR count). The molecule has 0 N–H and O–H groups in total. The predicted octanol–water partition coefficient (Wildman–Crippen LogP) is 2.19. The van der Waals surface area contributed by atoms with Crippen LogP contribution in [0.3, 0.4) is 0 Å². The molecule has 0 aromatic heterocycles. The first-order valence-electron chi connectivity index (χ1n) is 5.16. The van der Waals surface area contributed by atoms with Crippen LogP contribution in [0, 0.1) is 0 Å². The monoisotopic (exact) mass is 234 g/mol. The van der Waals surface area contributed by atoms with E-state index in [9.17, 15) is 9.59 Å². The standard InChI is InChI=1S/C13H14O4/c1-10(14)16-9-3-4-12-5-7-13(8-6-12)17-11(2)15/h3-8H,9H2,1-2H3. The lowest BCUT2D eigenvalue weighted by Crippen LogP contribution is -2.00. The maximum absolute atomic E-state index is 10.7. The van der Waals surface area contributed by atoms with Gasteiger partial charge in [-0.1, -0.05) is 18.2 Å². The number of hydrogen-bond acceptors (Lipinski definition) is 4. The molecule has 4 heteroatoms. The van der Waals surface area contributed by atoms with E-state index in [2.05, 4.69) is 0 Å². The number of ether oxygens (including phenoxy) is 2. The summed E-state index contributed by atoms with van der Waals surface area (Å²) in [7, 11) is 0. The number of hydrogen-bond donors (Lipinski definition) is 0. The summed E-state index contributed by atoms with van der Waals surface area (Å²) in [5.41, 5.74) is 0.938. The zero-order valence-corrected chi connectivity index (χ0v) is 9.80. The summed E-state index contributed by atoms with van der Waals surface area (Å²) in [6, 6.07) is 7.02. The molecule has 0 bridgehead atoms. The first kappa shape index (κ1) is 13.0. The molecule has 90 valence electrons. The van der Waals surface area contributed by atoms with E-state index in [1.165, 1.54) is 13.8 Å². The third-order valence-corrected chi connectivity index (χ3v) is 1.83. The average molecular weight is 234 g/mol. The van der Waals surface area contributed by atoms with E-state index in [1.54, 1.807) is 18.2 Å². The molecule has 0 radical (unpaired) electrons. The minimum absolute atomic E-state index is 0.251. The summed E-state index contributed by atoms with van der Waals surface area (Å²) >= 11 is 0. The molecule has 0 spiro atoms. The van der Waals surface area contributed by atoms with Gasteiger partial charge < -0.3 is 9.47 Å². The second-order valence-corrected chi connectivity index (χ2v) is 3.37. The Bertz CT molecular complexity index is 418. The Hall–Kier alpha value is -2.10. The number of benzene rings is 1. The highest BCUT2D eigenvalue weighted by molar-refractivity contribution is 5.69. The van der Waals surface area contributed by atoms with Crippen LogP contribution in [-0.2, 0) is 14.3 Å².